The number of methoxy groups -OCH3 is 1. The smallest absolute Gasteiger partial charge is 0.254 e. The van der Waals surface area contributed by atoms with E-state index in [0.29, 0.717) is 18.2 Å². The van der Waals surface area contributed by atoms with E-state index in [0.717, 1.165) is 24.2 Å². The number of hydrogen-bond donors (Lipinski definition) is 2. The third-order valence-electron chi connectivity index (χ3n) is 2.81. The van der Waals surface area contributed by atoms with Crippen LogP contribution in [0.4, 0.5) is 0 Å². The first kappa shape index (κ1) is 12.8. The molecule has 1 aromatic heterocycles. The van der Waals surface area contributed by atoms with Crippen molar-refractivity contribution in [2.24, 2.45) is 11.7 Å². The van der Waals surface area contributed by atoms with E-state index < -0.39 is 10.0 Å². The Morgan fingerprint density at radius 1 is 1.65 bits per heavy atom. The second-order valence-corrected chi connectivity index (χ2v) is 6.90. The molecule has 1 aliphatic rings. The Labute approximate surface area is 105 Å². The molecule has 1 fully saturated rings. The molecule has 0 saturated heterocycles. The van der Waals surface area contributed by atoms with Crippen LogP contribution in [-0.4, -0.2) is 28.1 Å². The number of nitrogens with one attached hydrogen (secondary N) is 1. The van der Waals surface area contributed by atoms with Crippen LogP contribution in [0.15, 0.2) is 15.7 Å². The van der Waals surface area contributed by atoms with Crippen molar-refractivity contribution < 1.29 is 13.2 Å². The summed E-state index contributed by atoms with van der Waals surface area (Å²) in [5.41, 5.74) is 5.59. The molecule has 1 atom stereocenters. The molecule has 0 radical (unpaired) electrons. The molecule has 0 amide bonds. The molecule has 1 aromatic rings. The van der Waals surface area contributed by atoms with Gasteiger partial charge in [-0.3, -0.25) is 0 Å². The Morgan fingerprint density at radius 2 is 2.35 bits per heavy atom. The largest absolute Gasteiger partial charge is 0.494 e. The maximum atomic E-state index is 12.1. The summed E-state index contributed by atoms with van der Waals surface area (Å²) in [6.45, 7) is 0.331. The first-order chi connectivity index (χ1) is 8.08. The first-order valence-electron chi connectivity index (χ1n) is 5.42. The standard InChI is InChI=1S/C10H16N2O3S2/c1-15-9-4-5-16-10(9)17(13,14)12-8(6-11)7-2-3-7/h4-5,7-8,12H,2-3,6,11H2,1H3. The van der Waals surface area contributed by atoms with Gasteiger partial charge in [-0.25, -0.2) is 13.1 Å². The van der Waals surface area contributed by atoms with Gasteiger partial charge in [0, 0.05) is 12.6 Å². The monoisotopic (exact) mass is 276 g/mol. The molecule has 7 heteroatoms. The quantitative estimate of drug-likeness (QED) is 0.804. The van der Waals surface area contributed by atoms with Crippen LogP contribution in [-0.2, 0) is 10.0 Å². The second kappa shape index (κ2) is 4.93. The van der Waals surface area contributed by atoms with E-state index in [1.807, 2.05) is 0 Å². The van der Waals surface area contributed by atoms with Gasteiger partial charge in [0.15, 0.2) is 4.21 Å². The summed E-state index contributed by atoms with van der Waals surface area (Å²) in [5, 5.41) is 1.70. The van der Waals surface area contributed by atoms with Gasteiger partial charge in [0.05, 0.1) is 7.11 Å². The van der Waals surface area contributed by atoms with E-state index in [1.165, 1.54) is 7.11 Å². The maximum Gasteiger partial charge on any atom is 0.254 e. The van der Waals surface area contributed by atoms with E-state index in [2.05, 4.69) is 4.72 Å². The Bertz CT molecular complexity index is 479. The SMILES string of the molecule is COc1ccsc1S(=O)(=O)NC(CN)C1CC1. The first-order valence-corrected chi connectivity index (χ1v) is 7.78. The molecule has 1 aliphatic carbocycles. The summed E-state index contributed by atoms with van der Waals surface area (Å²) in [6.07, 6.45) is 2.10. The molecule has 1 saturated carbocycles. The van der Waals surface area contributed by atoms with E-state index in [1.54, 1.807) is 11.4 Å². The van der Waals surface area contributed by atoms with Crippen LogP contribution in [0.1, 0.15) is 12.8 Å². The highest BCUT2D eigenvalue weighted by molar-refractivity contribution is 7.91. The minimum Gasteiger partial charge on any atom is -0.494 e. The second-order valence-electron chi connectivity index (χ2n) is 4.08. The molecule has 0 aliphatic heterocycles. The van der Waals surface area contributed by atoms with Crippen molar-refractivity contribution in [2.75, 3.05) is 13.7 Å². The van der Waals surface area contributed by atoms with Gasteiger partial charge < -0.3 is 10.5 Å². The van der Waals surface area contributed by atoms with Gasteiger partial charge in [0.25, 0.3) is 10.0 Å². The van der Waals surface area contributed by atoms with Crippen LogP contribution in [0, 0.1) is 5.92 Å². The number of hydrogen-bond acceptors (Lipinski definition) is 5. The predicted octanol–water partition coefficient (Wildman–Crippen LogP) is 0.772. The lowest BCUT2D eigenvalue weighted by Gasteiger charge is -2.15. The minimum absolute atomic E-state index is 0.160. The normalized spacial score (nSPS) is 18.0. The molecular formula is C10H16N2O3S2. The highest BCUT2D eigenvalue weighted by Gasteiger charge is 2.34. The van der Waals surface area contributed by atoms with E-state index in [4.69, 9.17) is 10.5 Å². The number of nitrogens with two attached hydrogens (primary N) is 1. The van der Waals surface area contributed by atoms with Crippen molar-refractivity contribution in [2.45, 2.75) is 23.1 Å². The van der Waals surface area contributed by atoms with Crippen molar-refractivity contribution >= 4 is 21.4 Å². The zero-order valence-electron chi connectivity index (χ0n) is 9.55. The summed E-state index contributed by atoms with van der Waals surface area (Å²) in [7, 11) is -2.05. The van der Waals surface area contributed by atoms with Gasteiger partial charge in [-0.1, -0.05) is 0 Å². The highest BCUT2D eigenvalue weighted by atomic mass is 32.2. The van der Waals surface area contributed by atoms with Crippen molar-refractivity contribution in [1.29, 1.82) is 0 Å². The Balaban J connectivity index is 2.18. The van der Waals surface area contributed by atoms with Gasteiger partial charge in [0.2, 0.25) is 0 Å². The van der Waals surface area contributed by atoms with Gasteiger partial charge in [-0.05, 0) is 30.2 Å². The Morgan fingerprint density at radius 3 is 2.88 bits per heavy atom. The zero-order chi connectivity index (χ0) is 12.5. The van der Waals surface area contributed by atoms with Gasteiger partial charge >= 0.3 is 0 Å². The number of ether oxygens (including phenoxy) is 1. The fourth-order valence-corrected chi connectivity index (χ4v) is 4.33. The van der Waals surface area contributed by atoms with Gasteiger partial charge in [-0.15, -0.1) is 11.3 Å². The number of rotatable bonds is 6. The molecule has 17 heavy (non-hydrogen) atoms. The average Bonchev–Trinajstić information content (AvgIpc) is 3.02. The topological polar surface area (TPSA) is 81.4 Å². The summed E-state index contributed by atoms with van der Waals surface area (Å²) in [5.74, 6) is 0.773. The van der Waals surface area contributed by atoms with Gasteiger partial charge in [0.1, 0.15) is 5.75 Å². The average molecular weight is 276 g/mol. The van der Waals surface area contributed by atoms with Gasteiger partial charge in [-0.2, -0.15) is 0 Å². The van der Waals surface area contributed by atoms with Crippen LogP contribution < -0.4 is 15.2 Å². The third kappa shape index (κ3) is 2.79. The van der Waals surface area contributed by atoms with Crippen LogP contribution in [0.5, 0.6) is 5.75 Å². The molecule has 0 spiro atoms. The molecule has 1 unspecified atom stereocenters. The van der Waals surface area contributed by atoms with Crippen molar-refractivity contribution in [3.63, 3.8) is 0 Å². The van der Waals surface area contributed by atoms with E-state index in [9.17, 15) is 8.42 Å². The number of thiophene rings is 1. The fourth-order valence-electron chi connectivity index (χ4n) is 1.72. The summed E-state index contributed by atoms with van der Waals surface area (Å²) in [6, 6.07) is 1.49. The summed E-state index contributed by atoms with van der Waals surface area (Å²) in [4.78, 5) is 0. The Kier molecular flexibility index (Phi) is 3.72. The lowest BCUT2D eigenvalue weighted by atomic mass is 10.2. The molecule has 0 aromatic carbocycles. The maximum absolute atomic E-state index is 12.1. The summed E-state index contributed by atoms with van der Waals surface area (Å²) >= 11 is 1.15. The lowest BCUT2D eigenvalue weighted by molar-refractivity contribution is 0.405. The molecular weight excluding hydrogens is 260 g/mol. The minimum atomic E-state index is -3.51. The predicted molar refractivity (Wildman–Crippen MR) is 66.8 cm³/mol. The fraction of sp³-hybridized carbons (Fsp3) is 0.600. The third-order valence-corrected chi connectivity index (χ3v) is 5.75. The van der Waals surface area contributed by atoms with Crippen molar-refractivity contribution in [3.05, 3.63) is 11.4 Å². The van der Waals surface area contributed by atoms with Crippen molar-refractivity contribution in [3.8, 4) is 5.75 Å². The highest BCUT2D eigenvalue weighted by Crippen LogP contribution is 2.34. The lowest BCUT2D eigenvalue weighted by Crippen LogP contribution is -2.41. The molecule has 3 N–H and O–H groups in total. The summed E-state index contributed by atoms with van der Waals surface area (Å²) < 4.78 is 32.2. The molecule has 0 bridgehead atoms. The van der Waals surface area contributed by atoms with E-state index in [-0.39, 0.29) is 10.3 Å². The molecule has 96 valence electrons. The molecule has 1 heterocycles. The van der Waals surface area contributed by atoms with Crippen LogP contribution in [0.3, 0.4) is 0 Å². The van der Waals surface area contributed by atoms with E-state index >= 15 is 0 Å². The molecule has 2 rings (SSSR count). The van der Waals surface area contributed by atoms with Crippen LogP contribution >= 0.6 is 11.3 Å². The Hall–Kier alpha value is -0.630. The number of sulfonamides is 1. The molecule has 5 nitrogen and oxygen atoms in total. The van der Waals surface area contributed by atoms with Crippen molar-refractivity contribution in [1.82, 2.24) is 4.72 Å². The van der Waals surface area contributed by atoms with Crippen LogP contribution in [0.25, 0.3) is 0 Å². The van der Waals surface area contributed by atoms with Crippen LogP contribution in [0.2, 0.25) is 0 Å². The zero-order valence-corrected chi connectivity index (χ0v) is 11.2.